The van der Waals surface area contributed by atoms with Crippen molar-refractivity contribution in [3.63, 3.8) is 0 Å². The van der Waals surface area contributed by atoms with E-state index >= 15 is 0 Å². The van der Waals surface area contributed by atoms with Crippen LogP contribution in [-0.2, 0) is 16.0 Å². The van der Waals surface area contributed by atoms with Gasteiger partial charge < -0.3 is 9.84 Å². The van der Waals surface area contributed by atoms with Crippen molar-refractivity contribution in [2.45, 2.75) is 57.5 Å². The molecule has 0 amide bonds. The zero-order valence-electron chi connectivity index (χ0n) is 13.4. The van der Waals surface area contributed by atoms with Crippen molar-refractivity contribution in [3.05, 3.63) is 26.8 Å². The minimum atomic E-state index is 0.104. The van der Waals surface area contributed by atoms with E-state index < -0.39 is 0 Å². The number of hydrogen-bond donors (Lipinski definition) is 1. The maximum atomic E-state index is 10.8. The van der Waals surface area contributed by atoms with Crippen molar-refractivity contribution in [3.8, 4) is 5.75 Å². The molecule has 0 spiro atoms. The summed E-state index contributed by atoms with van der Waals surface area (Å²) >= 11 is 2.23. The van der Waals surface area contributed by atoms with Gasteiger partial charge in [0.05, 0.1) is 3.57 Å². The van der Waals surface area contributed by atoms with Crippen LogP contribution in [0.1, 0.15) is 56.1 Å². The maximum Gasteiger partial charge on any atom is 0.293 e. The Labute approximate surface area is 150 Å². The molecule has 0 aromatic heterocycles. The van der Waals surface area contributed by atoms with Gasteiger partial charge in [-0.2, -0.15) is 0 Å². The standard InChI is InChI=1S/C19H23IO3/c1-19-7-6-12-13(15(19)4-5-18(19)23-10-21)3-2-11-8-17(22)16(20)9-14(11)12/h8-10,12-13,15,18,22H,2-7H2,1H3/t12-,13+,15-,18-,19-/m0/s1. The van der Waals surface area contributed by atoms with Crippen LogP contribution in [-0.4, -0.2) is 17.7 Å². The Morgan fingerprint density at radius 1 is 1.30 bits per heavy atom. The maximum absolute atomic E-state index is 10.8. The van der Waals surface area contributed by atoms with Gasteiger partial charge in [0, 0.05) is 5.41 Å². The van der Waals surface area contributed by atoms with Crippen LogP contribution in [0.3, 0.4) is 0 Å². The molecule has 124 valence electrons. The summed E-state index contributed by atoms with van der Waals surface area (Å²) < 4.78 is 6.41. The molecule has 3 aliphatic rings. The van der Waals surface area contributed by atoms with E-state index in [-0.39, 0.29) is 11.5 Å². The Kier molecular flexibility index (Phi) is 3.86. The lowest BCUT2D eigenvalue weighted by molar-refractivity contribution is -0.141. The molecule has 4 rings (SSSR count). The Bertz CT molecular complexity index is 644. The molecule has 3 aliphatic carbocycles. The van der Waals surface area contributed by atoms with Crippen LogP contribution in [0.2, 0.25) is 0 Å². The summed E-state index contributed by atoms with van der Waals surface area (Å²) in [5, 5.41) is 10.00. The Balaban J connectivity index is 1.67. The predicted octanol–water partition coefficient (Wildman–Crippen LogP) is 4.39. The number of carbonyl (C=O) groups is 1. The topological polar surface area (TPSA) is 46.5 Å². The van der Waals surface area contributed by atoms with Gasteiger partial charge in [-0.05, 0) is 102 Å². The minimum absolute atomic E-state index is 0.104. The number of fused-ring (bicyclic) bond motifs is 5. The second kappa shape index (κ2) is 5.64. The van der Waals surface area contributed by atoms with Crippen LogP contribution < -0.4 is 0 Å². The monoisotopic (exact) mass is 426 g/mol. The third-order valence-electron chi connectivity index (χ3n) is 6.93. The van der Waals surface area contributed by atoms with E-state index in [1.807, 2.05) is 6.07 Å². The van der Waals surface area contributed by atoms with Gasteiger partial charge in [-0.1, -0.05) is 6.92 Å². The quantitative estimate of drug-likeness (QED) is 0.564. The number of halogens is 1. The molecular formula is C19H23IO3. The molecule has 23 heavy (non-hydrogen) atoms. The van der Waals surface area contributed by atoms with Crippen molar-refractivity contribution in [1.29, 1.82) is 0 Å². The van der Waals surface area contributed by atoms with E-state index in [1.54, 1.807) is 0 Å². The molecule has 0 heterocycles. The Hall–Kier alpha value is -0.780. The first-order valence-corrected chi connectivity index (χ1v) is 9.73. The van der Waals surface area contributed by atoms with Crippen molar-refractivity contribution in [2.75, 3.05) is 0 Å². The molecule has 0 unspecified atom stereocenters. The van der Waals surface area contributed by atoms with Crippen LogP contribution in [0.25, 0.3) is 0 Å². The van der Waals surface area contributed by atoms with Gasteiger partial charge in [0.25, 0.3) is 6.47 Å². The summed E-state index contributed by atoms with van der Waals surface area (Å²) in [7, 11) is 0. The number of aromatic hydroxyl groups is 1. The fourth-order valence-electron chi connectivity index (χ4n) is 5.82. The molecule has 1 aromatic rings. The number of benzene rings is 1. The van der Waals surface area contributed by atoms with Gasteiger partial charge in [-0.15, -0.1) is 0 Å². The van der Waals surface area contributed by atoms with E-state index in [4.69, 9.17) is 4.74 Å². The minimum Gasteiger partial charge on any atom is -0.507 e. The Morgan fingerprint density at radius 3 is 2.91 bits per heavy atom. The summed E-state index contributed by atoms with van der Waals surface area (Å²) in [4.78, 5) is 10.8. The Morgan fingerprint density at radius 2 is 2.13 bits per heavy atom. The highest BCUT2D eigenvalue weighted by atomic mass is 127. The fourth-order valence-corrected chi connectivity index (χ4v) is 6.31. The summed E-state index contributed by atoms with van der Waals surface area (Å²) in [6.45, 7) is 2.98. The highest BCUT2D eigenvalue weighted by Crippen LogP contribution is 2.61. The molecule has 2 fully saturated rings. The lowest BCUT2D eigenvalue weighted by Gasteiger charge is -2.50. The van der Waals surface area contributed by atoms with Gasteiger partial charge in [0.2, 0.25) is 0 Å². The predicted molar refractivity (Wildman–Crippen MR) is 96.4 cm³/mol. The van der Waals surface area contributed by atoms with E-state index in [0.717, 1.165) is 22.8 Å². The lowest BCUT2D eigenvalue weighted by atomic mass is 9.55. The van der Waals surface area contributed by atoms with Crippen LogP contribution in [0, 0.1) is 20.8 Å². The van der Waals surface area contributed by atoms with E-state index in [9.17, 15) is 9.90 Å². The molecular weight excluding hydrogens is 403 g/mol. The van der Waals surface area contributed by atoms with E-state index in [2.05, 4.69) is 35.6 Å². The first kappa shape index (κ1) is 15.7. The van der Waals surface area contributed by atoms with Gasteiger partial charge >= 0.3 is 0 Å². The molecule has 0 bridgehead atoms. The number of ether oxygens (including phenoxy) is 1. The zero-order chi connectivity index (χ0) is 16.2. The molecule has 2 saturated carbocycles. The molecule has 0 saturated heterocycles. The summed E-state index contributed by atoms with van der Waals surface area (Å²) in [5.41, 5.74) is 2.96. The third-order valence-corrected chi connectivity index (χ3v) is 7.79. The number of phenolic OH excluding ortho intramolecular Hbond substituents is 1. The van der Waals surface area contributed by atoms with Gasteiger partial charge in [0.1, 0.15) is 11.9 Å². The SMILES string of the molecule is C[C@]12CC[C@@H]3c4cc(I)c(O)cc4CC[C@H]3[C@@H]1CC[C@@H]2OC=O. The highest BCUT2D eigenvalue weighted by Gasteiger charge is 2.55. The average Bonchev–Trinajstić information content (AvgIpc) is 2.86. The molecule has 1 N–H and O–H groups in total. The van der Waals surface area contributed by atoms with Crippen molar-refractivity contribution < 1.29 is 14.6 Å². The molecule has 0 aliphatic heterocycles. The molecule has 4 heteroatoms. The first-order chi connectivity index (χ1) is 11.0. The van der Waals surface area contributed by atoms with E-state index in [1.165, 1.54) is 30.4 Å². The van der Waals surface area contributed by atoms with Crippen LogP contribution in [0.15, 0.2) is 12.1 Å². The second-order valence-corrected chi connectivity index (χ2v) is 8.92. The van der Waals surface area contributed by atoms with Crippen molar-refractivity contribution in [2.24, 2.45) is 17.3 Å². The van der Waals surface area contributed by atoms with E-state index in [0.29, 0.717) is 30.0 Å². The van der Waals surface area contributed by atoms with Gasteiger partial charge in [0.15, 0.2) is 0 Å². The van der Waals surface area contributed by atoms with Gasteiger partial charge in [-0.3, -0.25) is 4.79 Å². The highest BCUT2D eigenvalue weighted by molar-refractivity contribution is 14.1. The van der Waals surface area contributed by atoms with Crippen molar-refractivity contribution in [1.82, 2.24) is 0 Å². The number of aryl methyl sites for hydroxylation is 1. The van der Waals surface area contributed by atoms with Crippen LogP contribution in [0.4, 0.5) is 0 Å². The molecule has 3 nitrogen and oxygen atoms in total. The largest absolute Gasteiger partial charge is 0.507 e. The smallest absolute Gasteiger partial charge is 0.293 e. The molecule has 0 radical (unpaired) electrons. The first-order valence-electron chi connectivity index (χ1n) is 8.65. The zero-order valence-corrected chi connectivity index (χ0v) is 15.6. The van der Waals surface area contributed by atoms with Crippen LogP contribution in [0.5, 0.6) is 5.75 Å². The summed E-state index contributed by atoms with van der Waals surface area (Å²) in [6.07, 6.45) is 6.87. The molecule has 1 aromatic carbocycles. The summed E-state index contributed by atoms with van der Waals surface area (Å²) in [5.74, 6) is 2.39. The summed E-state index contributed by atoms with van der Waals surface area (Å²) in [6, 6.07) is 4.19. The number of carbonyl (C=O) groups excluding carboxylic acids is 1. The van der Waals surface area contributed by atoms with Gasteiger partial charge in [-0.25, -0.2) is 0 Å². The normalized spacial score (nSPS) is 38.3. The number of rotatable bonds is 2. The number of phenols is 1. The number of hydrogen-bond acceptors (Lipinski definition) is 3. The average molecular weight is 426 g/mol. The van der Waals surface area contributed by atoms with Crippen LogP contribution >= 0.6 is 22.6 Å². The second-order valence-electron chi connectivity index (χ2n) is 7.76. The third kappa shape index (κ3) is 2.31. The molecule has 5 atom stereocenters. The fraction of sp³-hybridized carbons (Fsp3) is 0.632. The van der Waals surface area contributed by atoms with Crippen molar-refractivity contribution >= 4 is 29.1 Å². The lowest BCUT2D eigenvalue weighted by Crippen LogP contribution is -2.44.